The van der Waals surface area contributed by atoms with Gasteiger partial charge in [-0.2, -0.15) is 0 Å². The second-order valence-electron chi connectivity index (χ2n) is 6.29. The van der Waals surface area contributed by atoms with E-state index in [9.17, 15) is 0 Å². The number of fused-ring (bicyclic) bond motifs is 1. The summed E-state index contributed by atoms with van der Waals surface area (Å²) in [6.07, 6.45) is 10.6. The lowest BCUT2D eigenvalue weighted by molar-refractivity contribution is 0.0573. The first kappa shape index (κ1) is 14.0. The fourth-order valence-corrected chi connectivity index (χ4v) is 3.95. The van der Waals surface area contributed by atoms with Crippen LogP contribution < -0.4 is 5.32 Å². The Morgan fingerprint density at radius 1 is 1.20 bits per heavy atom. The Morgan fingerprint density at radius 3 is 2.95 bits per heavy atom. The summed E-state index contributed by atoms with van der Waals surface area (Å²) in [5.74, 6) is 0.966. The van der Waals surface area contributed by atoms with E-state index in [-0.39, 0.29) is 0 Å². The first-order valence-electron chi connectivity index (χ1n) is 8.14. The molecule has 1 saturated heterocycles. The molecule has 1 N–H and O–H groups in total. The molecule has 1 aliphatic carbocycles. The third-order valence-electron chi connectivity index (χ3n) is 4.92. The van der Waals surface area contributed by atoms with Crippen LogP contribution in [0.5, 0.6) is 0 Å². The summed E-state index contributed by atoms with van der Waals surface area (Å²) >= 11 is 0. The molecule has 112 valence electrons. The average molecular weight is 277 g/mol. The Kier molecular flexibility index (Phi) is 4.68. The van der Waals surface area contributed by atoms with Crippen LogP contribution in [-0.2, 0) is 13.1 Å². The second-order valence-corrected chi connectivity index (χ2v) is 6.29. The van der Waals surface area contributed by atoms with Gasteiger partial charge in [0.15, 0.2) is 0 Å². The summed E-state index contributed by atoms with van der Waals surface area (Å²) in [7, 11) is 1.94. The van der Waals surface area contributed by atoms with Gasteiger partial charge in [0.2, 0.25) is 0 Å². The Labute approximate surface area is 121 Å². The van der Waals surface area contributed by atoms with Crippen LogP contribution in [0.15, 0.2) is 6.20 Å². The van der Waals surface area contributed by atoms with Crippen LogP contribution in [0, 0.1) is 5.92 Å². The Bertz CT molecular complexity index is 414. The van der Waals surface area contributed by atoms with Crippen molar-refractivity contribution in [2.75, 3.05) is 20.1 Å². The number of hydrogen-bond donors (Lipinski definition) is 1. The van der Waals surface area contributed by atoms with Gasteiger partial charge in [-0.05, 0) is 45.2 Å². The second kappa shape index (κ2) is 6.68. The van der Waals surface area contributed by atoms with E-state index in [0.29, 0.717) is 0 Å². The van der Waals surface area contributed by atoms with Crippen molar-refractivity contribution in [3.8, 4) is 0 Å². The zero-order chi connectivity index (χ0) is 13.8. The third-order valence-corrected chi connectivity index (χ3v) is 4.92. The van der Waals surface area contributed by atoms with Gasteiger partial charge in [0.1, 0.15) is 0 Å². The highest BCUT2D eigenvalue weighted by Crippen LogP contribution is 2.34. The number of aromatic nitrogens is 3. The maximum Gasteiger partial charge on any atom is 0.0964 e. The van der Waals surface area contributed by atoms with Crippen molar-refractivity contribution in [1.82, 2.24) is 25.2 Å². The molecule has 20 heavy (non-hydrogen) atoms. The van der Waals surface area contributed by atoms with E-state index >= 15 is 0 Å². The molecule has 2 fully saturated rings. The zero-order valence-electron chi connectivity index (χ0n) is 12.6. The predicted octanol–water partition coefficient (Wildman–Crippen LogP) is 1.65. The minimum Gasteiger partial charge on any atom is -0.314 e. The average Bonchev–Trinajstić information content (AvgIpc) is 2.93. The van der Waals surface area contributed by atoms with Gasteiger partial charge in [-0.25, -0.2) is 0 Å². The van der Waals surface area contributed by atoms with Crippen molar-refractivity contribution in [3.63, 3.8) is 0 Å². The fraction of sp³-hybridized carbons (Fsp3) is 0.867. The Hall–Kier alpha value is -0.940. The molecule has 0 spiro atoms. The van der Waals surface area contributed by atoms with Gasteiger partial charge < -0.3 is 5.32 Å². The number of hydrogen-bond acceptors (Lipinski definition) is 4. The summed E-state index contributed by atoms with van der Waals surface area (Å²) in [6.45, 7) is 4.18. The van der Waals surface area contributed by atoms with Crippen LogP contribution in [0.1, 0.15) is 44.2 Å². The summed E-state index contributed by atoms with van der Waals surface area (Å²) in [6, 6.07) is 0.845. The summed E-state index contributed by atoms with van der Waals surface area (Å²) < 4.78 is 2.00. The molecule has 2 atom stereocenters. The molecule has 1 aromatic heterocycles. The smallest absolute Gasteiger partial charge is 0.0964 e. The van der Waals surface area contributed by atoms with Crippen LogP contribution in [0.4, 0.5) is 0 Å². The molecule has 0 aromatic carbocycles. The summed E-state index contributed by atoms with van der Waals surface area (Å²) in [5.41, 5.74) is 1.03. The molecule has 2 unspecified atom stereocenters. The van der Waals surface area contributed by atoms with Crippen LogP contribution in [0.25, 0.3) is 0 Å². The van der Waals surface area contributed by atoms with Crippen LogP contribution in [0.3, 0.4) is 0 Å². The number of likely N-dealkylation sites (tertiary alicyclic amines) is 1. The van der Waals surface area contributed by atoms with E-state index in [1.165, 1.54) is 45.1 Å². The summed E-state index contributed by atoms with van der Waals surface area (Å²) in [5, 5.41) is 11.5. The number of nitrogens with one attached hydrogen (secondary N) is 1. The third kappa shape index (κ3) is 3.20. The SMILES string of the molecule is CNCc1cn(CCN2CCCC3CCCCC32)nn1. The quantitative estimate of drug-likeness (QED) is 0.889. The van der Waals surface area contributed by atoms with E-state index in [0.717, 1.165) is 37.3 Å². The molecular formula is C15H27N5. The molecule has 0 radical (unpaired) electrons. The zero-order valence-corrected chi connectivity index (χ0v) is 12.6. The van der Waals surface area contributed by atoms with Gasteiger partial charge in [0, 0.05) is 25.3 Å². The lowest BCUT2D eigenvalue weighted by Gasteiger charge is -2.44. The van der Waals surface area contributed by atoms with Crippen molar-refractivity contribution in [3.05, 3.63) is 11.9 Å². The lowest BCUT2D eigenvalue weighted by Crippen LogP contribution is -2.47. The van der Waals surface area contributed by atoms with E-state index < -0.39 is 0 Å². The van der Waals surface area contributed by atoms with Crippen molar-refractivity contribution in [1.29, 1.82) is 0 Å². The minimum absolute atomic E-state index is 0.800. The van der Waals surface area contributed by atoms with Gasteiger partial charge in [0.05, 0.1) is 12.2 Å². The van der Waals surface area contributed by atoms with Crippen LogP contribution >= 0.6 is 0 Å². The largest absolute Gasteiger partial charge is 0.314 e. The van der Waals surface area contributed by atoms with Gasteiger partial charge in [-0.15, -0.1) is 5.10 Å². The minimum atomic E-state index is 0.800. The molecule has 3 rings (SSSR count). The van der Waals surface area contributed by atoms with Gasteiger partial charge in [-0.1, -0.05) is 18.1 Å². The molecular weight excluding hydrogens is 250 g/mol. The molecule has 1 aromatic rings. The molecule has 1 aliphatic heterocycles. The summed E-state index contributed by atoms with van der Waals surface area (Å²) in [4.78, 5) is 2.72. The first-order chi connectivity index (χ1) is 9.86. The molecule has 5 heteroatoms. The van der Waals surface area contributed by atoms with Gasteiger partial charge in [0.25, 0.3) is 0 Å². The van der Waals surface area contributed by atoms with E-state index in [4.69, 9.17) is 0 Å². The molecule has 2 aliphatic rings. The highest BCUT2D eigenvalue weighted by atomic mass is 15.4. The first-order valence-corrected chi connectivity index (χ1v) is 8.14. The lowest BCUT2D eigenvalue weighted by atomic mass is 9.78. The van der Waals surface area contributed by atoms with E-state index in [1.807, 2.05) is 11.7 Å². The molecule has 0 amide bonds. The predicted molar refractivity (Wildman–Crippen MR) is 79.3 cm³/mol. The highest BCUT2D eigenvalue weighted by Gasteiger charge is 2.32. The van der Waals surface area contributed by atoms with Crippen molar-refractivity contribution in [2.24, 2.45) is 5.92 Å². The van der Waals surface area contributed by atoms with E-state index in [2.05, 4.69) is 26.7 Å². The van der Waals surface area contributed by atoms with Crippen molar-refractivity contribution < 1.29 is 0 Å². The van der Waals surface area contributed by atoms with Crippen LogP contribution in [0.2, 0.25) is 0 Å². The molecule has 5 nitrogen and oxygen atoms in total. The van der Waals surface area contributed by atoms with Crippen molar-refractivity contribution in [2.45, 2.75) is 57.7 Å². The van der Waals surface area contributed by atoms with Crippen molar-refractivity contribution >= 4 is 0 Å². The maximum absolute atomic E-state index is 4.22. The van der Waals surface area contributed by atoms with Gasteiger partial charge in [-0.3, -0.25) is 9.58 Å². The molecule has 0 bridgehead atoms. The maximum atomic E-state index is 4.22. The Balaban J connectivity index is 1.53. The molecule has 2 heterocycles. The fourth-order valence-electron chi connectivity index (χ4n) is 3.95. The normalized spacial score (nSPS) is 27.4. The van der Waals surface area contributed by atoms with E-state index in [1.54, 1.807) is 0 Å². The Morgan fingerprint density at radius 2 is 2.05 bits per heavy atom. The van der Waals surface area contributed by atoms with Crippen LogP contribution in [-0.4, -0.2) is 46.1 Å². The van der Waals surface area contributed by atoms with Gasteiger partial charge >= 0.3 is 0 Å². The molecule has 1 saturated carbocycles. The number of nitrogens with zero attached hydrogens (tertiary/aromatic N) is 4. The standard InChI is InChI=1S/C15H27N5/c1-16-11-14-12-20(18-17-14)10-9-19-8-4-6-13-5-2-3-7-15(13)19/h12-13,15-16H,2-11H2,1H3. The number of rotatable bonds is 5. The topological polar surface area (TPSA) is 46.0 Å². The highest BCUT2D eigenvalue weighted by molar-refractivity contribution is 4.92. The monoisotopic (exact) mass is 277 g/mol. The number of piperidine rings is 1.